The van der Waals surface area contributed by atoms with E-state index in [9.17, 15) is 0 Å². The van der Waals surface area contributed by atoms with Crippen LogP contribution in [0.1, 0.15) is 28.6 Å². The second-order valence-electron chi connectivity index (χ2n) is 6.12. The predicted molar refractivity (Wildman–Crippen MR) is 112 cm³/mol. The van der Waals surface area contributed by atoms with Crippen LogP contribution in [0.15, 0.2) is 28.1 Å². The molecule has 4 N–H and O–H groups in total. The first kappa shape index (κ1) is 17.7. The summed E-state index contributed by atoms with van der Waals surface area (Å²) in [6, 6.07) is 6.37. The first-order chi connectivity index (χ1) is 12.1. The number of rotatable bonds is 4. The van der Waals surface area contributed by atoms with Crippen LogP contribution in [0.5, 0.6) is 0 Å². The molecule has 0 aromatic carbocycles. The molecule has 0 amide bonds. The molecule has 0 spiro atoms. The Labute approximate surface area is 167 Å². The average Bonchev–Trinajstić information content (AvgIpc) is 3.22. The van der Waals surface area contributed by atoms with Gasteiger partial charge in [0.05, 0.1) is 26.4 Å². The number of pyridine rings is 1. The Bertz CT molecular complexity index is 881. The lowest BCUT2D eigenvalue weighted by Gasteiger charge is -2.29. The summed E-state index contributed by atoms with van der Waals surface area (Å²) in [5, 5.41) is 9.64. The van der Waals surface area contributed by atoms with Crippen LogP contribution in [0.3, 0.4) is 0 Å². The van der Waals surface area contributed by atoms with Gasteiger partial charge in [-0.2, -0.15) is 0 Å². The van der Waals surface area contributed by atoms with Gasteiger partial charge in [0, 0.05) is 28.4 Å². The standard InChI is InChI=1S/C17H18BrClN4S2/c18-13-15-16(25-17(13)14-10(20)4-1-5-21-14)11(7-12(19)23-15)22-8-9-3-2-6-24-9/h2-3,6-7,10,14,21H,1,4-5,8,20H2,(H,22,23)/t10-,14-/m1/s1. The highest BCUT2D eigenvalue weighted by Gasteiger charge is 2.28. The van der Waals surface area contributed by atoms with E-state index in [1.165, 1.54) is 9.75 Å². The van der Waals surface area contributed by atoms with E-state index in [0.717, 1.165) is 46.3 Å². The van der Waals surface area contributed by atoms with Gasteiger partial charge in [0.15, 0.2) is 0 Å². The number of nitrogens with zero attached hydrogens (tertiary/aromatic N) is 1. The summed E-state index contributed by atoms with van der Waals surface area (Å²) in [7, 11) is 0. The minimum absolute atomic E-state index is 0.121. The number of fused-ring (bicyclic) bond motifs is 1. The fourth-order valence-electron chi connectivity index (χ4n) is 3.15. The monoisotopic (exact) mass is 456 g/mol. The Morgan fingerprint density at radius 2 is 2.36 bits per heavy atom. The highest BCUT2D eigenvalue weighted by molar-refractivity contribution is 9.10. The molecule has 3 aromatic heterocycles. The summed E-state index contributed by atoms with van der Waals surface area (Å²) in [5.74, 6) is 0. The molecule has 25 heavy (non-hydrogen) atoms. The van der Waals surface area contributed by atoms with E-state index in [-0.39, 0.29) is 12.1 Å². The molecule has 0 aliphatic carbocycles. The van der Waals surface area contributed by atoms with Gasteiger partial charge in [-0.05, 0) is 46.8 Å². The molecule has 0 saturated carbocycles. The quantitative estimate of drug-likeness (QED) is 0.475. The molecule has 0 unspecified atom stereocenters. The van der Waals surface area contributed by atoms with Crippen LogP contribution in [0, 0.1) is 0 Å². The average molecular weight is 458 g/mol. The maximum atomic E-state index is 6.36. The maximum absolute atomic E-state index is 6.36. The minimum atomic E-state index is 0.121. The highest BCUT2D eigenvalue weighted by Crippen LogP contribution is 2.43. The zero-order chi connectivity index (χ0) is 17.4. The molecule has 2 atom stereocenters. The Kier molecular flexibility index (Phi) is 5.31. The van der Waals surface area contributed by atoms with E-state index >= 15 is 0 Å². The number of nitrogens with two attached hydrogens (primary N) is 1. The molecular weight excluding hydrogens is 440 g/mol. The largest absolute Gasteiger partial charge is 0.379 e. The van der Waals surface area contributed by atoms with Crippen LogP contribution >= 0.6 is 50.2 Å². The van der Waals surface area contributed by atoms with E-state index < -0.39 is 0 Å². The Hall–Kier alpha value is -0.700. The molecule has 1 fully saturated rings. The van der Waals surface area contributed by atoms with Crippen molar-refractivity contribution < 1.29 is 0 Å². The molecule has 3 aromatic rings. The van der Waals surface area contributed by atoms with Crippen LogP contribution in [-0.2, 0) is 6.54 Å². The fourth-order valence-corrected chi connectivity index (χ4v) is 6.18. The second kappa shape index (κ2) is 7.50. The van der Waals surface area contributed by atoms with E-state index in [1.807, 2.05) is 6.07 Å². The Morgan fingerprint density at radius 1 is 1.48 bits per heavy atom. The van der Waals surface area contributed by atoms with Crippen molar-refractivity contribution in [2.24, 2.45) is 5.73 Å². The van der Waals surface area contributed by atoms with E-state index in [1.54, 1.807) is 22.7 Å². The molecule has 8 heteroatoms. The van der Waals surface area contributed by atoms with E-state index in [2.05, 4.69) is 49.1 Å². The summed E-state index contributed by atoms with van der Waals surface area (Å²) >= 11 is 13.5. The second-order valence-corrected chi connectivity index (χ2v) is 9.39. The zero-order valence-corrected chi connectivity index (χ0v) is 17.4. The summed E-state index contributed by atoms with van der Waals surface area (Å²) in [4.78, 5) is 7.03. The smallest absolute Gasteiger partial charge is 0.131 e. The SMILES string of the molecule is N[C@@H]1CCCN[C@H]1c1sc2c(NCc3cccs3)cc(Cl)nc2c1Br. The molecule has 0 radical (unpaired) electrons. The number of hydrogen-bond acceptors (Lipinski definition) is 6. The van der Waals surface area contributed by atoms with Gasteiger partial charge in [0.25, 0.3) is 0 Å². The molecule has 4 heterocycles. The number of thiophene rings is 2. The predicted octanol–water partition coefficient (Wildman–Crippen LogP) is 5.14. The Balaban J connectivity index is 1.72. The molecule has 4 rings (SSSR count). The first-order valence-electron chi connectivity index (χ1n) is 8.17. The van der Waals surface area contributed by atoms with Gasteiger partial charge >= 0.3 is 0 Å². The molecule has 132 valence electrons. The molecule has 1 saturated heterocycles. The number of aromatic nitrogens is 1. The number of hydrogen-bond donors (Lipinski definition) is 3. The van der Waals surface area contributed by atoms with Gasteiger partial charge in [0.1, 0.15) is 5.15 Å². The van der Waals surface area contributed by atoms with Gasteiger partial charge in [0.2, 0.25) is 0 Å². The summed E-state index contributed by atoms with van der Waals surface area (Å²) in [5.41, 5.74) is 8.28. The summed E-state index contributed by atoms with van der Waals surface area (Å²) < 4.78 is 2.12. The fraction of sp³-hybridized carbons (Fsp3) is 0.353. The van der Waals surface area contributed by atoms with Crippen molar-refractivity contribution in [3.8, 4) is 0 Å². The third-order valence-corrected chi connectivity index (χ3v) is 7.83. The first-order valence-corrected chi connectivity index (χ1v) is 11.0. The zero-order valence-electron chi connectivity index (χ0n) is 13.4. The Morgan fingerprint density at radius 3 is 3.12 bits per heavy atom. The normalized spacial score (nSPS) is 20.9. The third kappa shape index (κ3) is 3.59. The van der Waals surface area contributed by atoms with Crippen LogP contribution < -0.4 is 16.4 Å². The van der Waals surface area contributed by atoms with Crippen molar-refractivity contribution in [1.29, 1.82) is 0 Å². The molecule has 1 aliphatic rings. The molecule has 1 aliphatic heterocycles. The topological polar surface area (TPSA) is 63.0 Å². The molecule has 0 bridgehead atoms. The lowest BCUT2D eigenvalue weighted by Crippen LogP contribution is -2.42. The van der Waals surface area contributed by atoms with Crippen molar-refractivity contribution in [2.45, 2.75) is 31.5 Å². The van der Waals surface area contributed by atoms with Gasteiger partial charge in [-0.15, -0.1) is 22.7 Å². The van der Waals surface area contributed by atoms with Gasteiger partial charge in [-0.25, -0.2) is 4.98 Å². The van der Waals surface area contributed by atoms with Gasteiger partial charge < -0.3 is 16.4 Å². The van der Waals surface area contributed by atoms with Crippen LogP contribution in [0.4, 0.5) is 5.69 Å². The number of nitrogens with one attached hydrogen (secondary N) is 2. The van der Waals surface area contributed by atoms with Crippen molar-refractivity contribution in [3.63, 3.8) is 0 Å². The lowest BCUT2D eigenvalue weighted by atomic mass is 9.98. The van der Waals surface area contributed by atoms with Crippen molar-refractivity contribution in [3.05, 3.63) is 43.0 Å². The summed E-state index contributed by atoms with van der Waals surface area (Å²) in [6.07, 6.45) is 2.16. The van der Waals surface area contributed by atoms with Crippen molar-refractivity contribution in [1.82, 2.24) is 10.3 Å². The molecule has 4 nitrogen and oxygen atoms in total. The van der Waals surface area contributed by atoms with Crippen LogP contribution in [0.25, 0.3) is 10.2 Å². The minimum Gasteiger partial charge on any atom is -0.379 e. The number of halogens is 2. The van der Waals surface area contributed by atoms with Gasteiger partial charge in [-0.3, -0.25) is 0 Å². The van der Waals surface area contributed by atoms with E-state index in [4.69, 9.17) is 17.3 Å². The highest BCUT2D eigenvalue weighted by atomic mass is 79.9. The van der Waals surface area contributed by atoms with Crippen LogP contribution in [0.2, 0.25) is 5.15 Å². The lowest BCUT2D eigenvalue weighted by molar-refractivity contribution is 0.362. The third-order valence-electron chi connectivity index (χ3n) is 4.40. The summed E-state index contributed by atoms with van der Waals surface area (Å²) in [6.45, 7) is 1.77. The van der Waals surface area contributed by atoms with E-state index in [0.29, 0.717) is 5.15 Å². The van der Waals surface area contributed by atoms with Crippen molar-refractivity contribution in [2.75, 3.05) is 11.9 Å². The van der Waals surface area contributed by atoms with Crippen LogP contribution in [-0.4, -0.2) is 17.6 Å². The van der Waals surface area contributed by atoms with Gasteiger partial charge in [-0.1, -0.05) is 17.7 Å². The van der Waals surface area contributed by atoms with Crippen molar-refractivity contribution >= 4 is 66.1 Å². The number of piperidine rings is 1. The molecular formula is C17H18BrClN4S2. The maximum Gasteiger partial charge on any atom is 0.131 e. The number of anilines is 1.